The van der Waals surface area contributed by atoms with Crippen molar-refractivity contribution in [1.82, 2.24) is 24.9 Å². The van der Waals surface area contributed by atoms with Gasteiger partial charge in [0.1, 0.15) is 0 Å². The van der Waals surface area contributed by atoms with Gasteiger partial charge in [0.25, 0.3) is 0 Å². The number of halogens is 1. The van der Waals surface area contributed by atoms with E-state index in [1.165, 1.54) is 11.1 Å². The molecule has 6 heteroatoms. The van der Waals surface area contributed by atoms with Crippen LogP contribution in [0, 0.1) is 6.92 Å². The molecule has 148 valence electrons. The van der Waals surface area contributed by atoms with Crippen LogP contribution in [0.3, 0.4) is 0 Å². The summed E-state index contributed by atoms with van der Waals surface area (Å²) < 4.78 is 2.06. The van der Waals surface area contributed by atoms with Gasteiger partial charge in [0.2, 0.25) is 0 Å². The Balaban J connectivity index is 1.56. The Morgan fingerprint density at radius 1 is 0.867 bits per heavy atom. The average molecular weight is 414 g/mol. The predicted molar refractivity (Wildman–Crippen MR) is 120 cm³/mol. The van der Waals surface area contributed by atoms with Crippen LogP contribution in [-0.4, -0.2) is 19.6 Å². The van der Waals surface area contributed by atoms with Crippen LogP contribution < -0.4 is 5.32 Å². The SMILES string of the molecule is Cc1nc2ccc(CNCc3ccccc3)cc2n2c(-c3ccccc3Cl)nnc12. The molecule has 1 N–H and O–H groups in total. The molecule has 3 aromatic carbocycles. The summed E-state index contributed by atoms with van der Waals surface area (Å²) in [5.74, 6) is 0.723. The van der Waals surface area contributed by atoms with Crippen molar-refractivity contribution in [2.24, 2.45) is 0 Å². The van der Waals surface area contributed by atoms with Crippen LogP contribution in [0.25, 0.3) is 28.1 Å². The normalized spacial score (nSPS) is 11.4. The Hall–Kier alpha value is -3.28. The number of fused-ring (bicyclic) bond motifs is 3. The number of aromatic nitrogens is 4. The molecule has 0 spiro atoms. The zero-order valence-corrected chi connectivity index (χ0v) is 17.3. The van der Waals surface area contributed by atoms with Crippen molar-refractivity contribution in [3.05, 3.63) is 94.6 Å². The van der Waals surface area contributed by atoms with Crippen LogP contribution >= 0.6 is 11.6 Å². The van der Waals surface area contributed by atoms with Crippen molar-refractivity contribution in [1.29, 1.82) is 0 Å². The number of aryl methyl sites for hydroxylation is 1. The zero-order valence-electron chi connectivity index (χ0n) is 16.5. The van der Waals surface area contributed by atoms with Crippen LogP contribution in [0.1, 0.15) is 16.8 Å². The highest BCUT2D eigenvalue weighted by atomic mass is 35.5. The number of nitrogens with one attached hydrogen (secondary N) is 1. The van der Waals surface area contributed by atoms with E-state index in [1.54, 1.807) is 0 Å². The molecule has 0 saturated carbocycles. The van der Waals surface area contributed by atoms with E-state index in [-0.39, 0.29) is 0 Å². The fourth-order valence-electron chi connectivity index (χ4n) is 3.69. The van der Waals surface area contributed by atoms with Gasteiger partial charge in [-0.15, -0.1) is 10.2 Å². The lowest BCUT2D eigenvalue weighted by Crippen LogP contribution is -2.12. The molecule has 0 aliphatic carbocycles. The van der Waals surface area contributed by atoms with Crippen molar-refractivity contribution in [3.63, 3.8) is 0 Å². The van der Waals surface area contributed by atoms with Gasteiger partial charge in [-0.1, -0.05) is 60.1 Å². The van der Waals surface area contributed by atoms with E-state index in [2.05, 4.69) is 62.4 Å². The maximum atomic E-state index is 6.46. The lowest BCUT2D eigenvalue weighted by atomic mass is 10.1. The Morgan fingerprint density at radius 3 is 2.47 bits per heavy atom. The van der Waals surface area contributed by atoms with E-state index < -0.39 is 0 Å². The topological polar surface area (TPSA) is 55.1 Å². The predicted octanol–water partition coefficient (Wildman–Crippen LogP) is 5.20. The molecule has 2 aromatic heterocycles. The van der Waals surface area contributed by atoms with E-state index in [0.717, 1.165) is 46.9 Å². The van der Waals surface area contributed by atoms with Crippen molar-refractivity contribution in [3.8, 4) is 11.4 Å². The Morgan fingerprint density at radius 2 is 1.63 bits per heavy atom. The van der Waals surface area contributed by atoms with Gasteiger partial charge in [0.05, 0.1) is 21.7 Å². The highest BCUT2D eigenvalue weighted by molar-refractivity contribution is 6.33. The first kappa shape index (κ1) is 18.7. The molecule has 5 aromatic rings. The third-order valence-electron chi connectivity index (χ3n) is 5.17. The third kappa shape index (κ3) is 3.43. The number of nitrogens with zero attached hydrogens (tertiary/aromatic N) is 4. The van der Waals surface area contributed by atoms with Crippen molar-refractivity contribution < 1.29 is 0 Å². The molecule has 0 radical (unpaired) electrons. The molecule has 0 aliphatic rings. The summed E-state index contributed by atoms with van der Waals surface area (Å²) >= 11 is 6.46. The molecule has 0 bridgehead atoms. The molecule has 0 unspecified atom stereocenters. The highest BCUT2D eigenvalue weighted by Crippen LogP contribution is 2.29. The molecule has 0 amide bonds. The van der Waals surface area contributed by atoms with Crippen molar-refractivity contribution >= 4 is 28.3 Å². The van der Waals surface area contributed by atoms with Gasteiger partial charge in [-0.05, 0) is 42.3 Å². The fraction of sp³-hybridized carbons (Fsp3) is 0.125. The summed E-state index contributed by atoms with van der Waals surface area (Å²) in [7, 11) is 0. The van der Waals surface area contributed by atoms with Crippen LogP contribution in [0.4, 0.5) is 0 Å². The summed E-state index contributed by atoms with van der Waals surface area (Å²) in [5, 5.41) is 13.0. The maximum absolute atomic E-state index is 6.46. The van der Waals surface area contributed by atoms with E-state index in [1.807, 2.05) is 37.3 Å². The van der Waals surface area contributed by atoms with Gasteiger partial charge < -0.3 is 5.32 Å². The quantitative estimate of drug-likeness (QED) is 0.430. The van der Waals surface area contributed by atoms with Gasteiger partial charge in [-0.25, -0.2) is 4.98 Å². The van der Waals surface area contributed by atoms with E-state index in [0.29, 0.717) is 5.02 Å². The van der Waals surface area contributed by atoms with Gasteiger partial charge in [0.15, 0.2) is 11.5 Å². The summed E-state index contributed by atoms with van der Waals surface area (Å²) in [5.41, 5.74) is 6.73. The Kier molecular flexibility index (Phi) is 4.91. The lowest BCUT2D eigenvalue weighted by Gasteiger charge is -2.10. The second-order valence-electron chi connectivity index (χ2n) is 7.27. The molecule has 30 heavy (non-hydrogen) atoms. The molecular formula is C24H20ClN5. The molecule has 0 aliphatic heterocycles. The summed E-state index contributed by atoms with van der Waals surface area (Å²) in [6.45, 7) is 3.52. The Labute approximate surface area is 179 Å². The largest absolute Gasteiger partial charge is 0.309 e. The number of hydrogen-bond donors (Lipinski definition) is 1. The molecular weight excluding hydrogens is 394 g/mol. The zero-order chi connectivity index (χ0) is 20.5. The third-order valence-corrected chi connectivity index (χ3v) is 5.50. The van der Waals surface area contributed by atoms with Gasteiger partial charge >= 0.3 is 0 Å². The average Bonchev–Trinajstić information content (AvgIpc) is 3.21. The van der Waals surface area contributed by atoms with E-state index in [9.17, 15) is 0 Å². The lowest BCUT2D eigenvalue weighted by molar-refractivity contribution is 0.694. The van der Waals surface area contributed by atoms with Crippen LogP contribution in [0.5, 0.6) is 0 Å². The minimum absolute atomic E-state index is 0.648. The second-order valence-corrected chi connectivity index (χ2v) is 7.68. The summed E-state index contributed by atoms with van der Waals surface area (Å²) in [4.78, 5) is 4.73. The van der Waals surface area contributed by atoms with Crippen LogP contribution in [0.2, 0.25) is 5.02 Å². The van der Waals surface area contributed by atoms with Gasteiger partial charge in [-0.3, -0.25) is 4.40 Å². The first-order chi connectivity index (χ1) is 14.7. The maximum Gasteiger partial charge on any atom is 0.183 e. The Bertz CT molecular complexity index is 1340. The number of hydrogen-bond acceptors (Lipinski definition) is 4. The smallest absolute Gasteiger partial charge is 0.183 e. The molecule has 0 fully saturated rings. The van der Waals surface area contributed by atoms with Crippen LogP contribution in [-0.2, 0) is 13.1 Å². The molecule has 5 nitrogen and oxygen atoms in total. The van der Waals surface area contributed by atoms with E-state index >= 15 is 0 Å². The monoisotopic (exact) mass is 413 g/mol. The van der Waals surface area contributed by atoms with Gasteiger partial charge in [-0.2, -0.15) is 0 Å². The number of benzene rings is 3. The molecule has 5 rings (SSSR count). The summed E-state index contributed by atoms with van der Waals surface area (Å²) in [6.07, 6.45) is 0. The van der Waals surface area contributed by atoms with Crippen molar-refractivity contribution in [2.75, 3.05) is 0 Å². The molecule has 0 atom stereocenters. The van der Waals surface area contributed by atoms with Crippen molar-refractivity contribution in [2.45, 2.75) is 20.0 Å². The second kappa shape index (κ2) is 7.86. The minimum Gasteiger partial charge on any atom is -0.309 e. The molecule has 0 saturated heterocycles. The standard InChI is InChI=1S/C24H20ClN5/c1-16-23-28-29-24(19-9-5-6-10-20(19)25)30(23)22-13-18(11-12-21(22)27-16)15-26-14-17-7-3-2-4-8-17/h2-13,26H,14-15H2,1H3. The van der Waals surface area contributed by atoms with Gasteiger partial charge in [0, 0.05) is 18.7 Å². The van der Waals surface area contributed by atoms with Crippen LogP contribution in [0.15, 0.2) is 72.8 Å². The number of rotatable bonds is 5. The first-order valence-corrected chi connectivity index (χ1v) is 10.2. The van der Waals surface area contributed by atoms with E-state index in [4.69, 9.17) is 16.6 Å². The minimum atomic E-state index is 0.648. The summed E-state index contributed by atoms with van der Waals surface area (Å²) in [6, 6.07) is 24.4. The highest BCUT2D eigenvalue weighted by Gasteiger charge is 2.16. The fourth-order valence-corrected chi connectivity index (χ4v) is 3.91. The molecule has 2 heterocycles. The first-order valence-electron chi connectivity index (χ1n) is 9.84.